The number of nitrogens with one attached hydrogen (secondary N) is 1. The molecule has 1 N–H and O–H groups in total. The van der Waals surface area contributed by atoms with Crippen LogP contribution in [0.2, 0.25) is 0 Å². The van der Waals surface area contributed by atoms with Gasteiger partial charge in [-0.1, -0.05) is 19.8 Å². The summed E-state index contributed by atoms with van der Waals surface area (Å²) in [6.45, 7) is 7.50. The van der Waals surface area contributed by atoms with Crippen LogP contribution in [0.4, 0.5) is 0 Å². The Bertz CT molecular complexity index is 189. The van der Waals surface area contributed by atoms with E-state index in [4.69, 9.17) is 0 Å². The summed E-state index contributed by atoms with van der Waals surface area (Å²) in [6.07, 6.45) is 9.87. The molecule has 2 heteroatoms. The lowest BCUT2D eigenvalue weighted by molar-refractivity contribution is 0.282. The summed E-state index contributed by atoms with van der Waals surface area (Å²) < 4.78 is 0. The van der Waals surface area contributed by atoms with Gasteiger partial charge in [0.15, 0.2) is 0 Å². The molecule has 0 aromatic carbocycles. The lowest BCUT2D eigenvalue weighted by atomic mass is 10.1. The smallest absolute Gasteiger partial charge is 0.00797 e. The molecule has 94 valence electrons. The zero-order chi connectivity index (χ0) is 11.2. The molecule has 1 heterocycles. The molecule has 1 aliphatic heterocycles. The van der Waals surface area contributed by atoms with Crippen molar-refractivity contribution in [1.29, 1.82) is 0 Å². The van der Waals surface area contributed by atoms with Gasteiger partial charge < -0.3 is 10.2 Å². The van der Waals surface area contributed by atoms with Gasteiger partial charge in [-0.05, 0) is 64.2 Å². The van der Waals surface area contributed by atoms with Gasteiger partial charge in [0.25, 0.3) is 0 Å². The van der Waals surface area contributed by atoms with Crippen LogP contribution >= 0.6 is 0 Å². The van der Waals surface area contributed by atoms with Crippen molar-refractivity contribution in [3.8, 4) is 0 Å². The van der Waals surface area contributed by atoms with E-state index in [1.807, 2.05) is 0 Å². The first-order valence-electron chi connectivity index (χ1n) is 7.34. The predicted molar refractivity (Wildman–Crippen MR) is 69.7 cm³/mol. The number of nitrogens with zero attached hydrogens (tertiary/aromatic N) is 1. The molecule has 0 bridgehead atoms. The fourth-order valence-corrected chi connectivity index (χ4v) is 2.80. The van der Waals surface area contributed by atoms with Crippen LogP contribution < -0.4 is 5.32 Å². The number of hydrogen-bond donors (Lipinski definition) is 1. The molecule has 1 unspecified atom stereocenters. The molecule has 1 aliphatic carbocycles. The highest BCUT2D eigenvalue weighted by atomic mass is 15.1. The van der Waals surface area contributed by atoms with Crippen molar-refractivity contribution in [2.75, 3.05) is 26.2 Å². The standard InChI is InChI=1S/C14H28N2/c1-2-10-16-11-3-4-14(8-12-16)15-9-7-13-5-6-13/h13-15H,2-12H2,1H3. The third-order valence-electron chi connectivity index (χ3n) is 4.04. The molecule has 0 spiro atoms. The van der Waals surface area contributed by atoms with Crippen molar-refractivity contribution in [3.05, 3.63) is 0 Å². The van der Waals surface area contributed by atoms with E-state index in [9.17, 15) is 0 Å². The molecule has 0 aromatic heterocycles. The highest BCUT2D eigenvalue weighted by Gasteiger charge is 2.21. The van der Waals surface area contributed by atoms with Gasteiger partial charge in [0, 0.05) is 6.04 Å². The van der Waals surface area contributed by atoms with Gasteiger partial charge in [-0.3, -0.25) is 0 Å². The van der Waals surface area contributed by atoms with E-state index in [0.717, 1.165) is 12.0 Å². The van der Waals surface area contributed by atoms with E-state index in [-0.39, 0.29) is 0 Å². The second kappa shape index (κ2) is 6.61. The Labute approximate surface area is 101 Å². The summed E-state index contributed by atoms with van der Waals surface area (Å²) >= 11 is 0. The highest BCUT2D eigenvalue weighted by molar-refractivity contribution is 4.78. The molecule has 1 atom stereocenters. The van der Waals surface area contributed by atoms with Gasteiger partial charge in [0.05, 0.1) is 0 Å². The second-order valence-electron chi connectivity index (χ2n) is 5.66. The van der Waals surface area contributed by atoms with Crippen molar-refractivity contribution < 1.29 is 0 Å². The number of hydrogen-bond acceptors (Lipinski definition) is 2. The molecular formula is C14H28N2. The van der Waals surface area contributed by atoms with Crippen LogP contribution in [0.5, 0.6) is 0 Å². The average Bonchev–Trinajstić information content (AvgIpc) is 3.08. The highest BCUT2D eigenvalue weighted by Crippen LogP contribution is 2.31. The van der Waals surface area contributed by atoms with Gasteiger partial charge in [-0.25, -0.2) is 0 Å². The monoisotopic (exact) mass is 224 g/mol. The summed E-state index contributed by atoms with van der Waals surface area (Å²) in [7, 11) is 0. The van der Waals surface area contributed by atoms with Gasteiger partial charge in [-0.2, -0.15) is 0 Å². The Morgan fingerprint density at radius 1 is 1.12 bits per heavy atom. The lowest BCUT2D eigenvalue weighted by Gasteiger charge is -2.19. The maximum atomic E-state index is 3.77. The summed E-state index contributed by atoms with van der Waals surface area (Å²) in [6, 6.07) is 0.806. The van der Waals surface area contributed by atoms with E-state index in [2.05, 4.69) is 17.1 Å². The fourth-order valence-electron chi connectivity index (χ4n) is 2.80. The SMILES string of the molecule is CCCN1CCCC(NCCC2CC2)CC1. The van der Waals surface area contributed by atoms with Gasteiger partial charge >= 0.3 is 0 Å². The van der Waals surface area contributed by atoms with Crippen LogP contribution in [0.3, 0.4) is 0 Å². The maximum absolute atomic E-state index is 3.77. The Hall–Kier alpha value is -0.0800. The predicted octanol–water partition coefficient (Wildman–Crippen LogP) is 2.64. The lowest BCUT2D eigenvalue weighted by Crippen LogP contribution is -2.32. The topological polar surface area (TPSA) is 15.3 Å². The van der Waals surface area contributed by atoms with E-state index >= 15 is 0 Å². The molecule has 2 rings (SSSR count). The molecular weight excluding hydrogens is 196 g/mol. The molecule has 1 saturated carbocycles. The van der Waals surface area contributed by atoms with Crippen molar-refractivity contribution in [1.82, 2.24) is 10.2 Å². The van der Waals surface area contributed by atoms with Gasteiger partial charge in [0.2, 0.25) is 0 Å². The third-order valence-corrected chi connectivity index (χ3v) is 4.04. The van der Waals surface area contributed by atoms with Crippen LogP contribution in [0.15, 0.2) is 0 Å². The third kappa shape index (κ3) is 4.42. The molecule has 16 heavy (non-hydrogen) atoms. The van der Waals surface area contributed by atoms with Crippen LogP contribution in [0.25, 0.3) is 0 Å². The summed E-state index contributed by atoms with van der Waals surface area (Å²) in [5, 5.41) is 3.77. The first kappa shape index (κ1) is 12.4. The maximum Gasteiger partial charge on any atom is 0.00797 e. The Morgan fingerprint density at radius 3 is 2.75 bits per heavy atom. The summed E-state index contributed by atoms with van der Waals surface area (Å²) in [5.41, 5.74) is 0. The Balaban J connectivity index is 1.58. The van der Waals surface area contributed by atoms with Crippen LogP contribution in [0, 0.1) is 5.92 Å². The first-order valence-corrected chi connectivity index (χ1v) is 7.34. The van der Waals surface area contributed by atoms with E-state index in [1.165, 1.54) is 71.1 Å². The van der Waals surface area contributed by atoms with Crippen molar-refractivity contribution in [2.45, 2.75) is 57.9 Å². The van der Waals surface area contributed by atoms with E-state index in [0.29, 0.717) is 0 Å². The minimum atomic E-state index is 0.806. The second-order valence-corrected chi connectivity index (χ2v) is 5.66. The molecule has 2 fully saturated rings. The largest absolute Gasteiger partial charge is 0.314 e. The molecule has 0 amide bonds. The van der Waals surface area contributed by atoms with Crippen molar-refractivity contribution in [2.24, 2.45) is 5.92 Å². The molecule has 2 nitrogen and oxygen atoms in total. The molecule has 0 radical (unpaired) electrons. The van der Waals surface area contributed by atoms with Crippen LogP contribution in [-0.2, 0) is 0 Å². The average molecular weight is 224 g/mol. The Morgan fingerprint density at radius 2 is 2.00 bits per heavy atom. The fraction of sp³-hybridized carbons (Fsp3) is 1.00. The zero-order valence-electron chi connectivity index (χ0n) is 10.9. The molecule has 1 saturated heterocycles. The van der Waals surface area contributed by atoms with E-state index < -0.39 is 0 Å². The van der Waals surface area contributed by atoms with Crippen LogP contribution in [0.1, 0.15) is 51.9 Å². The van der Waals surface area contributed by atoms with E-state index in [1.54, 1.807) is 0 Å². The Kier molecular flexibility index (Phi) is 5.11. The van der Waals surface area contributed by atoms with Crippen molar-refractivity contribution in [3.63, 3.8) is 0 Å². The molecule has 2 aliphatic rings. The number of rotatable bonds is 6. The summed E-state index contributed by atoms with van der Waals surface area (Å²) in [5.74, 6) is 1.08. The summed E-state index contributed by atoms with van der Waals surface area (Å²) in [4.78, 5) is 2.64. The minimum Gasteiger partial charge on any atom is -0.314 e. The van der Waals surface area contributed by atoms with Crippen molar-refractivity contribution >= 4 is 0 Å². The molecule has 0 aromatic rings. The number of likely N-dealkylation sites (tertiary alicyclic amines) is 1. The van der Waals surface area contributed by atoms with Gasteiger partial charge in [-0.15, -0.1) is 0 Å². The first-order chi connectivity index (χ1) is 7.88. The quantitative estimate of drug-likeness (QED) is 0.746. The minimum absolute atomic E-state index is 0.806. The normalized spacial score (nSPS) is 27.9. The van der Waals surface area contributed by atoms with Gasteiger partial charge in [0.1, 0.15) is 0 Å². The zero-order valence-corrected chi connectivity index (χ0v) is 10.9. The van der Waals surface area contributed by atoms with Crippen LogP contribution in [-0.4, -0.2) is 37.1 Å².